The number of carbonyl (C=O) groups is 2. The SMILES string of the molecule is CC1CCN(S(=O)(=O)c2ccc(C(=O)N3CCC4(CC3)c3ccc(C(=O)C(F)(F)F)n3CCN4C)cc2)CC1. The van der Waals surface area contributed by atoms with E-state index in [0.29, 0.717) is 62.7 Å². The fourth-order valence-corrected chi connectivity index (χ4v) is 7.63. The Morgan fingerprint density at radius 2 is 1.51 bits per heavy atom. The summed E-state index contributed by atoms with van der Waals surface area (Å²) in [4.78, 5) is 29.2. The molecule has 12 heteroatoms. The van der Waals surface area contributed by atoms with Crippen LogP contribution in [0, 0.1) is 5.92 Å². The summed E-state index contributed by atoms with van der Waals surface area (Å²) >= 11 is 0. The van der Waals surface area contributed by atoms with Gasteiger partial charge in [-0.3, -0.25) is 14.5 Å². The minimum absolute atomic E-state index is 0.167. The second-order valence-electron chi connectivity index (χ2n) is 10.9. The first-order chi connectivity index (χ1) is 18.3. The summed E-state index contributed by atoms with van der Waals surface area (Å²) in [6, 6.07) is 8.90. The monoisotopic (exact) mass is 566 g/mol. The molecule has 3 aliphatic heterocycles. The number of benzene rings is 1. The average molecular weight is 567 g/mol. The predicted octanol–water partition coefficient (Wildman–Crippen LogP) is 3.73. The van der Waals surface area contributed by atoms with Crippen LogP contribution in [-0.2, 0) is 22.1 Å². The number of fused-ring (bicyclic) bond motifs is 2. The highest BCUT2D eigenvalue weighted by Crippen LogP contribution is 2.42. The Kier molecular flexibility index (Phi) is 7.17. The number of rotatable bonds is 4. The highest BCUT2D eigenvalue weighted by molar-refractivity contribution is 7.89. The third-order valence-electron chi connectivity index (χ3n) is 8.70. The second-order valence-corrected chi connectivity index (χ2v) is 12.9. The standard InChI is InChI=1S/C27H33F3N4O4S/c1-19-9-13-33(14-10-19)39(37,38)21-5-3-20(4-6-21)25(36)32-15-11-26(12-16-32)23-8-7-22(24(35)27(28,29)30)34(23)18-17-31(26)2/h3-8,19H,9-18H2,1-2H3. The van der Waals surface area contributed by atoms with Gasteiger partial charge in [-0.25, -0.2) is 8.42 Å². The van der Waals surface area contributed by atoms with Gasteiger partial charge in [0.1, 0.15) is 0 Å². The molecule has 5 rings (SSSR count). The van der Waals surface area contributed by atoms with Gasteiger partial charge >= 0.3 is 6.18 Å². The number of likely N-dealkylation sites (N-methyl/N-ethyl adjacent to an activating group) is 1. The van der Waals surface area contributed by atoms with Gasteiger partial charge in [-0.15, -0.1) is 0 Å². The Morgan fingerprint density at radius 3 is 2.10 bits per heavy atom. The molecule has 1 aromatic heterocycles. The molecule has 8 nitrogen and oxygen atoms in total. The molecule has 4 heterocycles. The predicted molar refractivity (Wildman–Crippen MR) is 138 cm³/mol. The number of piperidine rings is 2. The number of hydrogen-bond acceptors (Lipinski definition) is 5. The van der Waals surface area contributed by atoms with Crippen molar-refractivity contribution in [3.05, 3.63) is 53.3 Å². The molecule has 0 bridgehead atoms. The Balaban J connectivity index is 1.29. The molecule has 2 saturated heterocycles. The minimum atomic E-state index is -4.94. The van der Waals surface area contributed by atoms with E-state index in [4.69, 9.17) is 0 Å². The van der Waals surface area contributed by atoms with Crippen molar-refractivity contribution in [1.82, 2.24) is 18.7 Å². The van der Waals surface area contributed by atoms with Crippen LogP contribution < -0.4 is 0 Å². The molecule has 0 N–H and O–H groups in total. The number of amides is 1. The molecule has 212 valence electrons. The molecule has 0 radical (unpaired) electrons. The summed E-state index contributed by atoms with van der Waals surface area (Å²) in [5, 5.41) is 0. The normalized spacial score (nSPS) is 21.2. The molecule has 3 aliphatic rings. The summed E-state index contributed by atoms with van der Waals surface area (Å²) in [5.74, 6) is -1.56. The summed E-state index contributed by atoms with van der Waals surface area (Å²) in [7, 11) is -1.70. The van der Waals surface area contributed by atoms with Gasteiger partial charge in [0.05, 0.1) is 16.1 Å². The van der Waals surface area contributed by atoms with Gasteiger partial charge in [-0.2, -0.15) is 17.5 Å². The largest absolute Gasteiger partial charge is 0.456 e. The van der Waals surface area contributed by atoms with Crippen LogP contribution in [0.1, 0.15) is 59.1 Å². The second kappa shape index (κ2) is 10.0. The van der Waals surface area contributed by atoms with Crippen LogP contribution in [0.3, 0.4) is 0 Å². The van der Waals surface area contributed by atoms with E-state index < -0.39 is 27.5 Å². The Labute approximate surface area is 226 Å². The number of halogens is 3. The molecule has 0 atom stereocenters. The maximum Gasteiger partial charge on any atom is 0.456 e. The number of alkyl halides is 3. The molecule has 0 saturated carbocycles. The van der Waals surface area contributed by atoms with Crippen LogP contribution in [0.4, 0.5) is 13.2 Å². The van der Waals surface area contributed by atoms with Gasteiger partial charge in [-0.05, 0) is 75.0 Å². The highest BCUT2D eigenvalue weighted by Gasteiger charge is 2.48. The van der Waals surface area contributed by atoms with Crippen LogP contribution in [-0.4, -0.2) is 84.7 Å². The lowest BCUT2D eigenvalue weighted by atomic mass is 9.81. The molecular weight excluding hydrogens is 533 g/mol. The van der Waals surface area contributed by atoms with E-state index in [1.165, 1.54) is 27.1 Å². The fourth-order valence-electron chi connectivity index (χ4n) is 6.16. The van der Waals surface area contributed by atoms with Gasteiger partial charge in [0, 0.05) is 50.5 Å². The molecule has 39 heavy (non-hydrogen) atoms. The quantitative estimate of drug-likeness (QED) is 0.527. The first-order valence-corrected chi connectivity index (χ1v) is 14.7. The van der Waals surface area contributed by atoms with E-state index in [9.17, 15) is 31.2 Å². The van der Waals surface area contributed by atoms with Crippen LogP contribution >= 0.6 is 0 Å². The zero-order valence-corrected chi connectivity index (χ0v) is 22.9. The summed E-state index contributed by atoms with van der Waals surface area (Å²) in [6.07, 6.45) is -2.29. The zero-order chi connectivity index (χ0) is 28.2. The van der Waals surface area contributed by atoms with E-state index in [-0.39, 0.29) is 23.0 Å². The average Bonchev–Trinajstić information content (AvgIpc) is 3.35. The smallest absolute Gasteiger partial charge is 0.339 e. The van der Waals surface area contributed by atoms with Crippen molar-refractivity contribution in [3.8, 4) is 0 Å². The van der Waals surface area contributed by atoms with Crippen molar-refractivity contribution >= 4 is 21.7 Å². The van der Waals surface area contributed by atoms with Gasteiger partial charge in [0.15, 0.2) is 0 Å². The number of carbonyl (C=O) groups excluding carboxylic acids is 2. The lowest BCUT2D eigenvalue weighted by Gasteiger charge is -2.50. The van der Waals surface area contributed by atoms with Crippen molar-refractivity contribution in [2.24, 2.45) is 5.92 Å². The number of aromatic nitrogens is 1. The molecule has 1 amide bonds. The van der Waals surface area contributed by atoms with Gasteiger partial charge < -0.3 is 9.47 Å². The first-order valence-electron chi connectivity index (χ1n) is 13.3. The third-order valence-corrected chi connectivity index (χ3v) is 10.6. The first kappa shape index (κ1) is 27.9. The fraction of sp³-hybridized carbons (Fsp3) is 0.556. The van der Waals surface area contributed by atoms with Crippen molar-refractivity contribution in [3.63, 3.8) is 0 Å². The van der Waals surface area contributed by atoms with Gasteiger partial charge in [0.25, 0.3) is 11.7 Å². The number of ketones is 1. The van der Waals surface area contributed by atoms with E-state index in [0.717, 1.165) is 12.8 Å². The van der Waals surface area contributed by atoms with E-state index in [1.807, 2.05) is 7.05 Å². The van der Waals surface area contributed by atoms with Crippen LogP contribution in [0.5, 0.6) is 0 Å². The number of hydrogen-bond donors (Lipinski definition) is 0. The Hall–Kier alpha value is -2.70. The van der Waals surface area contributed by atoms with E-state index >= 15 is 0 Å². The highest BCUT2D eigenvalue weighted by atomic mass is 32.2. The Bertz CT molecular complexity index is 1350. The van der Waals surface area contributed by atoms with Crippen LogP contribution in [0.15, 0.2) is 41.3 Å². The van der Waals surface area contributed by atoms with E-state index in [1.54, 1.807) is 23.1 Å². The molecule has 1 aromatic carbocycles. The van der Waals surface area contributed by atoms with Crippen LogP contribution in [0.2, 0.25) is 0 Å². The number of likely N-dealkylation sites (tertiary alicyclic amines) is 1. The van der Waals surface area contributed by atoms with E-state index in [2.05, 4.69) is 11.8 Å². The van der Waals surface area contributed by atoms with Crippen LogP contribution in [0.25, 0.3) is 0 Å². The molecule has 2 fully saturated rings. The molecule has 2 aromatic rings. The summed E-state index contributed by atoms with van der Waals surface area (Å²) in [6.45, 7) is 4.62. The van der Waals surface area contributed by atoms with Crippen molar-refractivity contribution in [1.29, 1.82) is 0 Å². The summed E-state index contributed by atoms with van der Waals surface area (Å²) < 4.78 is 68.4. The topological polar surface area (TPSA) is 82.9 Å². The Morgan fingerprint density at radius 1 is 0.897 bits per heavy atom. The molecule has 0 aliphatic carbocycles. The van der Waals surface area contributed by atoms with Crippen molar-refractivity contribution in [2.45, 2.75) is 55.8 Å². The minimum Gasteiger partial charge on any atom is -0.339 e. The molecule has 0 unspecified atom stereocenters. The zero-order valence-electron chi connectivity index (χ0n) is 22.1. The lowest BCUT2D eigenvalue weighted by Crippen LogP contribution is -2.56. The van der Waals surface area contributed by atoms with Crippen molar-refractivity contribution in [2.75, 3.05) is 39.8 Å². The maximum atomic E-state index is 13.3. The maximum absolute atomic E-state index is 13.3. The lowest BCUT2D eigenvalue weighted by molar-refractivity contribution is -0.0892. The van der Waals surface area contributed by atoms with Crippen molar-refractivity contribution < 1.29 is 31.2 Å². The number of sulfonamides is 1. The van der Waals surface area contributed by atoms with Gasteiger partial charge in [0.2, 0.25) is 10.0 Å². The summed E-state index contributed by atoms with van der Waals surface area (Å²) in [5.41, 5.74) is 0.119. The third kappa shape index (κ3) is 4.91. The number of nitrogens with zero attached hydrogens (tertiary/aromatic N) is 4. The molecular formula is C27H33F3N4O4S. The number of Topliss-reactive ketones (excluding diaryl/α,β-unsaturated/α-hetero) is 1. The van der Waals surface area contributed by atoms with Gasteiger partial charge in [-0.1, -0.05) is 6.92 Å². The molecule has 1 spiro atoms.